The van der Waals surface area contributed by atoms with E-state index in [-0.39, 0.29) is 0 Å². The second-order valence-corrected chi connectivity index (χ2v) is 3.58. The van der Waals surface area contributed by atoms with Gasteiger partial charge < -0.3 is 10.2 Å². The molecule has 0 aromatic heterocycles. The number of nitrogens with one attached hydrogen (secondary N) is 1. The topological polar surface area (TPSA) is 15.3 Å². The minimum Gasteiger partial charge on any atom is -0.309 e. The monoisotopic (exact) mass is 155 g/mol. The Hall–Kier alpha value is -0.0800. The predicted molar refractivity (Wildman–Crippen MR) is 48.5 cm³/mol. The molecule has 0 amide bonds. The molecule has 0 unspecified atom stereocenters. The smallest absolute Gasteiger partial charge is 0.0169 e. The third-order valence-corrected chi connectivity index (χ3v) is 2.11. The van der Waals surface area contributed by atoms with Crippen molar-refractivity contribution in [1.29, 1.82) is 0 Å². The second kappa shape index (κ2) is 4.07. The highest BCUT2D eigenvalue weighted by molar-refractivity contribution is 4.80. The first-order valence-corrected chi connectivity index (χ1v) is 4.50. The van der Waals surface area contributed by atoms with E-state index in [1.807, 2.05) is 0 Å². The summed E-state index contributed by atoms with van der Waals surface area (Å²) in [6.45, 7) is 11.9. The lowest BCUT2D eigenvalue weighted by Crippen LogP contribution is -2.54. The van der Waals surface area contributed by atoms with Crippen LogP contribution in [0.1, 0.15) is 20.3 Å². The fourth-order valence-corrected chi connectivity index (χ4v) is 1.85. The molecule has 0 aromatic rings. The van der Waals surface area contributed by atoms with Crippen molar-refractivity contribution in [1.82, 2.24) is 10.2 Å². The van der Waals surface area contributed by atoms with Crippen molar-refractivity contribution in [3.8, 4) is 0 Å². The SMILES string of the molecule is [CH2]CCN1C[C@@H](C)N[C@H](C)C1. The van der Waals surface area contributed by atoms with Gasteiger partial charge in [-0.05, 0) is 26.8 Å². The van der Waals surface area contributed by atoms with Crippen LogP contribution < -0.4 is 5.32 Å². The standard InChI is InChI=1S/C9H19N2/c1-4-5-11-6-8(2)10-9(3)7-11/h8-10H,1,4-7H2,2-3H3/t8-,9-/m1/s1. The van der Waals surface area contributed by atoms with E-state index in [0.717, 1.165) is 13.0 Å². The molecule has 1 rings (SSSR count). The highest BCUT2D eigenvalue weighted by Gasteiger charge is 2.19. The van der Waals surface area contributed by atoms with Crippen LogP contribution in [-0.4, -0.2) is 36.6 Å². The highest BCUT2D eigenvalue weighted by Crippen LogP contribution is 2.03. The summed E-state index contributed by atoms with van der Waals surface area (Å²) < 4.78 is 0. The molecular weight excluding hydrogens is 136 g/mol. The lowest BCUT2D eigenvalue weighted by molar-refractivity contribution is 0.176. The van der Waals surface area contributed by atoms with Gasteiger partial charge in [-0.3, -0.25) is 0 Å². The molecule has 1 aliphatic heterocycles. The van der Waals surface area contributed by atoms with Crippen molar-refractivity contribution in [2.24, 2.45) is 0 Å². The van der Waals surface area contributed by atoms with Gasteiger partial charge in [-0.25, -0.2) is 0 Å². The van der Waals surface area contributed by atoms with E-state index in [0.29, 0.717) is 12.1 Å². The van der Waals surface area contributed by atoms with Gasteiger partial charge >= 0.3 is 0 Å². The summed E-state index contributed by atoms with van der Waals surface area (Å²) in [7, 11) is 0. The van der Waals surface area contributed by atoms with Gasteiger partial charge in [-0.15, -0.1) is 0 Å². The molecule has 0 aliphatic carbocycles. The summed E-state index contributed by atoms with van der Waals surface area (Å²) in [5.41, 5.74) is 0. The van der Waals surface area contributed by atoms with E-state index >= 15 is 0 Å². The van der Waals surface area contributed by atoms with Crippen LogP contribution in [0.3, 0.4) is 0 Å². The van der Waals surface area contributed by atoms with Crippen molar-refractivity contribution in [3.05, 3.63) is 6.92 Å². The van der Waals surface area contributed by atoms with Crippen LogP contribution >= 0.6 is 0 Å². The first kappa shape index (κ1) is 9.01. The van der Waals surface area contributed by atoms with E-state index in [1.165, 1.54) is 13.1 Å². The first-order chi connectivity index (χ1) is 5.22. The minimum absolute atomic E-state index is 0.644. The van der Waals surface area contributed by atoms with Crippen LogP contribution in [0.25, 0.3) is 0 Å². The number of hydrogen-bond donors (Lipinski definition) is 1. The number of nitrogens with zero attached hydrogens (tertiary/aromatic N) is 1. The van der Waals surface area contributed by atoms with E-state index < -0.39 is 0 Å². The van der Waals surface area contributed by atoms with Gasteiger partial charge in [0.15, 0.2) is 0 Å². The maximum absolute atomic E-state index is 3.87. The maximum Gasteiger partial charge on any atom is 0.0169 e. The van der Waals surface area contributed by atoms with E-state index in [4.69, 9.17) is 0 Å². The molecule has 0 saturated carbocycles. The Labute approximate surface area is 70.0 Å². The summed E-state index contributed by atoms with van der Waals surface area (Å²) in [5.74, 6) is 0. The molecule has 65 valence electrons. The van der Waals surface area contributed by atoms with Gasteiger partial charge in [-0.2, -0.15) is 0 Å². The fourth-order valence-electron chi connectivity index (χ4n) is 1.85. The Kier molecular flexibility index (Phi) is 3.34. The van der Waals surface area contributed by atoms with E-state index in [9.17, 15) is 0 Å². The first-order valence-electron chi connectivity index (χ1n) is 4.50. The summed E-state index contributed by atoms with van der Waals surface area (Å²) in [6, 6.07) is 1.29. The molecule has 2 atom stereocenters. The number of rotatable bonds is 2. The van der Waals surface area contributed by atoms with Gasteiger partial charge in [0, 0.05) is 25.2 Å². The molecule has 1 aliphatic rings. The van der Waals surface area contributed by atoms with Crippen LogP contribution in [0.2, 0.25) is 0 Å². The summed E-state index contributed by atoms with van der Waals surface area (Å²) in [4.78, 5) is 2.48. The summed E-state index contributed by atoms with van der Waals surface area (Å²) in [6.07, 6.45) is 1.03. The maximum atomic E-state index is 3.87. The molecular formula is C9H19N2. The van der Waals surface area contributed by atoms with E-state index in [2.05, 4.69) is 31.0 Å². The van der Waals surface area contributed by atoms with Crippen molar-refractivity contribution >= 4 is 0 Å². The molecule has 1 saturated heterocycles. The fraction of sp³-hybridized carbons (Fsp3) is 0.889. The highest BCUT2D eigenvalue weighted by atomic mass is 15.2. The predicted octanol–water partition coefficient (Wildman–Crippen LogP) is 0.893. The number of hydrogen-bond acceptors (Lipinski definition) is 2. The van der Waals surface area contributed by atoms with Gasteiger partial charge in [0.05, 0.1) is 0 Å². The molecule has 2 heteroatoms. The molecule has 2 nitrogen and oxygen atoms in total. The quantitative estimate of drug-likeness (QED) is 0.637. The normalized spacial score (nSPS) is 34.1. The van der Waals surface area contributed by atoms with Gasteiger partial charge in [0.1, 0.15) is 0 Å². The summed E-state index contributed by atoms with van der Waals surface area (Å²) in [5, 5.41) is 3.51. The molecule has 1 fully saturated rings. The average molecular weight is 155 g/mol. The lowest BCUT2D eigenvalue weighted by atomic mass is 10.1. The minimum atomic E-state index is 0.644. The molecule has 1 N–H and O–H groups in total. The van der Waals surface area contributed by atoms with Crippen molar-refractivity contribution in [3.63, 3.8) is 0 Å². The Morgan fingerprint density at radius 2 is 1.91 bits per heavy atom. The van der Waals surface area contributed by atoms with Gasteiger partial charge in [-0.1, -0.05) is 6.92 Å². The largest absolute Gasteiger partial charge is 0.309 e. The van der Waals surface area contributed by atoms with Gasteiger partial charge in [0.25, 0.3) is 0 Å². The van der Waals surface area contributed by atoms with Crippen LogP contribution in [-0.2, 0) is 0 Å². The van der Waals surface area contributed by atoms with Crippen LogP contribution in [0.15, 0.2) is 0 Å². The Morgan fingerprint density at radius 3 is 2.36 bits per heavy atom. The van der Waals surface area contributed by atoms with Crippen molar-refractivity contribution in [2.45, 2.75) is 32.4 Å². The Morgan fingerprint density at radius 1 is 1.36 bits per heavy atom. The summed E-state index contributed by atoms with van der Waals surface area (Å²) >= 11 is 0. The van der Waals surface area contributed by atoms with Crippen LogP contribution in [0, 0.1) is 6.92 Å². The second-order valence-electron chi connectivity index (χ2n) is 3.58. The molecule has 0 spiro atoms. The zero-order valence-electron chi connectivity index (χ0n) is 7.64. The third kappa shape index (κ3) is 2.80. The lowest BCUT2D eigenvalue weighted by Gasteiger charge is -2.35. The Bertz CT molecular complexity index is 104. The van der Waals surface area contributed by atoms with Gasteiger partial charge in [0.2, 0.25) is 0 Å². The average Bonchev–Trinajstić information content (AvgIpc) is 1.85. The van der Waals surface area contributed by atoms with Crippen molar-refractivity contribution in [2.75, 3.05) is 19.6 Å². The molecule has 0 bridgehead atoms. The van der Waals surface area contributed by atoms with Crippen LogP contribution in [0.5, 0.6) is 0 Å². The molecule has 1 radical (unpaired) electrons. The molecule has 0 aromatic carbocycles. The Balaban J connectivity index is 2.30. The van der Waals surface area contributed by atoms with Crippen molar-refractivity contribution < 1.29 is 0 Å². The molecule has 11 heavy (non-hydrogen) atoms. The zero-order valence-corrected chi connectivity index (χ0v) is 7.64. The number of piperazine rings is 1. The third-order valence-electron chi connectivity index (χ3n) is 2.11. The molecule has 1 heterocycles. The zero-order chi connectivity index (χ0) is 8.27. The van der Waals surface area contributed by atoms with Crippen LogP contribution in [0.4, 0.5) is 0 Å². The van der Waals surface area contributed by atoms with E-state index in [1.54, 1.807) is 0 Å².